The van der Waals surface area contributed by atoms with Crippen LogP contribution < -0.4 is 10.5 Å². The number of hydrogen-bond acceptors (Lipinski definition) is 4. The van der Waals surface area contributed by atoms with Crippen molar-refractivity contribution in [3.8, 4) is 5.75 Å². The van der Waals surface area contributed by atoms with E-state index in [1.165, 1.54) is 0 Å². The predicted molar refractivity (Wildman–Crippen MR) is 70.4 cm³/mol. The Morgan fingerprint density at radius 2 is 2.11 bits per heavy atom. The predicted octanol–water partition coefficient (Wildman–Crippen LogP) is 2.43. The molecule has 1 unspecified atom stereocenters. The Bertz CT molecular complexity index is 390. The van der Waals surface area contributed by atoms with Gasteiger partial charge in [-0.2, -0.15) is 0 Å². The third kappa shape index (κ3) is 4.04. The van der Waals surface area contributed by atoms with Crippen LogP contribution in [-0.4, -0.2) is 18.7 Å². The molecule has 0 amide bonds. The number of ether oxygens (including phenoxy) is 2. The average molecular weight is 251 g/mol. The molecule has 1 rings (SSSR count). The van der Waals surface area contributed by atoms with Crippen molar-refractivity contribution >= 4 is 5.97 Å². The standard InChI is InChI=1S/C14H21NO3/c1-4-13(14(16)17-5-2)18-12-8-6-7-11(9-12)10(3)15/h6-10,13H,4-5,15H2,1-3H3/t10-,13?/m1/s1. The molecule has 0 aliphatic rings. The fourth-order valence-electron chi connectivity index (χ4n) is 1.57. The molecule has 0 aliphatic heterocycles. The summed E-state index contributed by atoms with van der Waals surface area (Å²) in [6, 6.07) is 7.41. The molecule has 0 aromatic heterocycles. The van der Waals surface area contributed by atoms with Crippen molar-refractivity contribution < 1.29 is 14.3 Å². The lowest BCUT2D eigenvalue weighted by Crippen LogP contribution is -2.28. The summed E-state index contributed by atoms with van der Waals surface area (Å²) in [5, 5.41) is 0. The van der Waals surface area contributed by atoms with Gasteiger partial charge >= 0.3 is 5.97 Å². The van der Waals surface area contributed by atoms with Crippen LogP contribution in [0.2, 0.25) is 0 Å². The first-order valence-corrected chi connectivity index (χ1v) is 6.27. The van der Waals surface area contributed by atoms with Crippen LogP contribution in [-0.2, 0) is 9.53 Å². The van der Waals surface area contributed by atoms with E-state index in [4.69, 9.17) is 15.2 Å². The summed E-state index contributed by atoms with van der Waals surface area (Å²) in [7, 11) is 0. The normalized spacial score (nSPS) is 13.8. The van der Waals surface area contributed by atoms with Gasteiger partial charge in [0.25, 0.3) is 0 Å². The molecular weight excluding hydrogens is 230 g/mol. The zero-order valence-corrected chi connectivity index (χ0v) is 11.2. The second-order valence-electron chi connectivity index (χ2n) is 4.13. The molecule has 0 bridgehead atoms. The molecule has 0 heterocycles. The summed E-state index contributed by atoms with van der Waals surface area (Å²) < 4.78 is 10.6. The van der Waals surface area contributed by atoms with Crippen molar-refractivity contribution in [2.75, 3.05) is 6.61 Å². The smallest absolute Gasteiger partial charge is 0.347 e. The first-order valence-electron chi connectivity index (χ1n) is 6.27. The van der Waals surface area contributed by atoms with Crippen LogP contribution in [0, 0.1) is 0 Å². The summed E-state index contributed by atoms with van der Waals surface area (Å²) in [4.78, 5) is 11.6. The van der Waals surface area contributed by atoms with Crippen LogP contribution in [0.25, 0.3) is 0 Å². The fraction of sp³-hybridized carbons (Fsp3) is 0.500. The van der Waals surface area contributed by atoms with E-state index in [2.05, 4.69) is 0 Å². The lowest BCUT2D eigenvalue weighted by Gasteiger charge is -2.17. The Balaban J connectivity index is 2.75. The minimum Gasteiger partial charge on any atom is -0.479 e. The Morgan fingerprint density at radius 3 is 2.67 bits per heavy atom. The van der Waals surface area contributed by atoms with Crippen molar-refractivity contribution in [3.05, 3.63) is 29.8 Å². The molecule has 0 saturated carbocycles. The zero-order valence-electron chi connectivity index (χ0n) is 11.2. The Labute approximate surface area is 108 Å². The second kappa shape index (κ2) is 7.01. The number of esters is 1. The molecular formula is C14H21NO3. The number of carbonyl (C=O) groups is 1. The molecule has 0 radical (unpaired) electrons. The van der Waals surface area contributed by atoms with Gasteiger partial charge in [0.15, 0.2) is 6.10 Å². The van der Waals surface area contributed by atoms with E-state index < -0.39 is 6.10 Å². The molecule has 4 heteroatoms. The monoisotopic (exact) mass is 251 g/mol. The maximum atomic E-state index is 11.6. The van der Waals surface area contributed by atoms with Gasteiger partial charge in [0, 0.05) is 6.04 Å². The zero-order chi connectivity index (χ0) is 13.5. The summed E-state index contributed by atoms with van der Waals surface area (Å²) >= 11 is 0. The molecule has 0 fully saturated rings. The maximum absolute atomic E-state index is 11.6. The van der Waals surface area contributed by atoms with E-state index in [1.807, 2.05) is 38.1 Å². The minimum absolute atomic E-state index is 0.0591. The first kappa shape index (κ1) is 14.5. The van der Waals surface area contributed by atoms with Crippen molar-refractivity contribution in [1.29, 1.82) is 0 Å². The third-order valence-corrected chi connectivity index (χ3v) is 2.58. The van der Waals surface area contributed by atoms with E-state index >= 15 is 0 Å². The van der Waals surface area contributed by atoms with Crippen LogP contribution in [0.4, 0.5) is 0 Å². The van der Waals surface area contributed by atoms with E-state index in [9.17, 15) is 4.79 Å². The van der Waals surface area contributed by atoms with Crippen LogP contribution in [0.1, 0.15) is 38.8 Å². The van der Waals surface area contributed by atoms with E-state index in [0.717, 1.165) is 5.56 Å². The van der Waals surface area contributed by atoms with Gasteiger partial charge < -0.3 is 15.2 Å². The number of nitrogens with two attached hydrogens (primary N) is 1. The summed E-state index contributed by atoms with van der Waals surface area (Å²) in [6.07, 6.45) is 0.00890. The van der Waals surface area contributed by atoms with Gasteiger partial charge in [0.1, 0.15) is 5.75 Å². The first-order chi connectivity index (χ1) is 8.58. The number of carbonyl (C=O) groups excluding carboxylic acids is 1. The molecule has 18 heavy (non-hydrogen) atoms. The van der Waals surface area contributed by atoms with Gasteiger partial charge in [0.2, 0.25) is 0 Å². The van der Waals surface area contributed by atoms with Gasteiger partial charge in [-0.25, -0.2) is 4.79 Å². The van der Waals surface area contributed by atoms with Gasteiger partial charge in [-0.3, -0.25) is 0 Å². The fourth-order valence-corrected chi connectivity index (χ4v) is 1.57. The molecule has 0 aliphatic carbocycles. The molecule has 1 aromatic carbocycles. The largest absolute Gasteiger partial charge is 0.479 e. The topological polar surface area (TPSA) is 61.5 Å². The molecule has 2 atom stereocenters. The summed E-state index contributed by atoms with van der Waals surface area (Å²) in [5.41, 5.74) is 6.78. The number of rotatable bonds is 6. The van der Waals surface area contributed by atoms with Crippen LogP contribution in [0.3, 0.4) is 0 Å². The Hall–Kier alpha value is -1.55. The van der Waals surface area contributed by atoms with E-state index in [1.54, 1.807) is 6.92 Å². The second-order valence-corrected chi connectivity index (χ2v) is 4.13. The SMILES string of the molecule is CCOC(=O)C(CC)Oc1cccc([C@@H](C)N)c1. The highest BCUT2D eigenvalue weighted by molar-refractivity contribution is 5.75. The van der Waals surface area contributed by atoms with Crippen LogP contribution in [0.5, 0.6) is 5.75 Å². The average Bonchev–Trinajstić information content (AvgIpc) is 2.36. The highest BCUT2D eigenvalue weighted by Gasteiger charge is 2.19. The van der Waals surface area contributed by atoms with E-state index in [-0.39, 0.29) is 12.0 Å². The van der Waals surface area contributed by atoms with Crippen LogP contribution >= 0.6 is 0 Å². The highest BCUT2D eigenvalue weighted by Crippen LogP contribution is 2.19. The third-order valence-electron chi connectivity index (χ3n) is 2.58. The lowest BCUT2D eigenvalue weighted by atomic mass is 10.1. The Kier molecular flexibility index (Phi) is 5.65. The maximum Gasteiger partial charge on any atom is 0.347 e. The van der Waals surface area contributed by atoms with E-state index in [0.29, 0.717) is 18.8 Å². The summed E-state index contributed by atoms with van der Waals surface area (Å²) in [5.74, 6) is 0.316. The molecule has 1 aromatic rings. The Morgan fingerprint density at radius 1 is 1.39 bits per heavy atom. The molecule has 100 valence electrons. The van der Waals surface area contributed by atoms with Gasteiger partial charge in [-0.15, -0.1) is 0 Å². The molecule has 0 spiro atoms. The quantitative estimate of drug-likeness (QED) is 0.789. The number of benzene rings is 1. The van der Waals surface area contributed by atoms with Crippen molar-refractivity contribution in [1.82, 2.24) is 0 Å². The molecule has 0 saturated heterocycles. The van der Waals surface area contributed by atoms with Crippen molar-refractivity contribution in [2.24, 2.45) is 5.73 Å². The van der Waals surface area contributed by atoms with Gasteiger partial charge in [0.05, 0.1) is 6.61 Å². The number of hydrogen-bond donors (Lipinski definition) is 1. The van der Waals surface area contributed by atoms with Gasteiger partial charge in [-0.05, 0) is 38.0 Å². The van der Waals surface area contributed by atoms with Gasteiger partial charge in [-0.1, -0.05) is 19.1 Å². The van der Waals surface area contributed by atoms with Crippen LogP contribution in [0.15, 0.2) is 24.3 Å². The molecule has 2 N–H and O–H groups in total. The van der Waals surface area contributed by atoms with Crippen molar-refractivity contribution in [2.45, 2.75) is 39.3 Å². The summed E-state index contributed by atoms with van der Waals surface area (Å²) in [6.45, 7) is 5.93. The molecule has 4 nitrogen and oxygen atoms in total. The van der Waals surface area contributed by atoms with Crippen molar-refractivity contribution in [3.63, 3.8) is 0 Å². The highest BCUT2D eigenvalue weighted by atomic mass is 16.6. The minimum atomic E-state index is -0.562. The lowest BCUT2D eigenvalue weighted by molar-refractivity contribution is -0.151.